The molecular weight excluding hydrogens is 439 g/mol. The van der Waals surface area contributed by atoms with Crippen LogP contribution in [0, 0.1) is 5.82 Å². The molecule has 160 valence electrons. The Hall–Kier alpha value is -2.75. The topological polar surface area (TPSA) is 158 Å². The Balaban J connectivity index is 1.58. The van der Waals surface area contributed by atoms with Gasteiger partial charge in [0.25, 0.3) is 10.0 Å². The minimum atomic E-state index is -4.00. The number of aromatic nitrogens is 6. The predicted molar refractivity (Wildman–Crippen MR) is 100 cm³/mol. The van der Waals surface area contributed by atoms with Crippen molar-refractivity contribution >= 4 is 20.0 Å². The molecule has 4 rings (SSSR count). The van der Waals surface area contributed by atoms with Crippen LogP contribution < -0.4 is 0 Å². The summed E-state index contributed by atoms with van der Waals surface area (Å²) in [6.45, 7) is 0.196. The lowest BCUT2D eigenvalue weighted by Crippen LogP contribution is -2.37. The van der Waals surface area contributed by atoms with Gasteiger partial charge >= 0.3 is 0 Å². The Morgan fingerprint density at radius 3 is 2.37 bits per heavy atom. The van der Waals surface area contributed by atoms with Crippen LogP contribution in [0.5, 0.6) is 0 Å². The molecule has 1 aliphatic heterocycles. The third-order valence-corrected chi connectivity index (χ3v) is 8.39. The van der Waals surface area contributed by atoms with Crippen molar-refractivity contribution in [2.24, 2.45) is 0 Å². The number of hydrogen-bond acceptors (Lipinski definition) is 8. The van der Waals surface area contributed by atoms with E-state index in [-0.39, 0.29) is 47.5 Å². The zero-order valence-corrected chi connectivity index (χ0v) is 17.1. The molecule has 30 heavy (non-hydrogen) atoms. The quantitative estimate of drug-likeness (QED) is 0.535. The van der Waals surface area contributed by atoms with Crippen molar-refractivity contribution in [2.75, 3.05) is 26.2 Å². The minimum absolute atomic E-state index is 0.0283. The molecule has 0 saturated carbocycles. The number of aromatic amines is 2. The maximum Gasteiger partial charge on any atom is 0.260 e. The largest absolute Gasteiger partial charge is 0.335 e. The third kappa shape index (κ3) is 3.71. The van der Waals surface area contributed by atoms with Crippen molar-refractivity contribution in [3.05, 3.63) is 36.5 Å². The number of H-pyrrole nitrogens is 2. The molecule has 0 amide bonds. The molecule has 2 aromatic heterocycles. The fourth-order valence-corrected chi connectivity index (χ4v) is 6.00. The van der Waals surface area contributed by atoms with Crippen LogP contribution in [0.15, 0.2) is 40.6 Å². The molecule has 2 N–H and O–H groups in total. The third-order valence-electron chi connectivity index (χ3n) is 4.67. The van der Waals surface area contributed by atoms with Gasteiger partial charge < -0.3 is 4.98 Å². The number of nitrogens with one attached hydrogen (secondary N) is 2. The Bertz CT molecular complexity index is 1230. The van der Waals surface area contributed by atoms with Gasteiger partial charge in [-0.25, -0.2) is 26.2 Å². The molecule has 1 aromatic carbocycles. The van der Waals surface area contributed by atoms with Gasteiger partial charge in [0.05, 0.1) is 23.0 Å². The Morgan fingerprint density at radius 1 is 1.00 bits per heavy atom. The summed E-state index contributed by atoms with van der Waals surface area (Å²) < 4.78 is 68.1. The van der Waals surface area contributed by atoms with Gasteiger partial charge in [0.1, 0.15) is 5.82 Å². The van der Waals surface area contributed by atoms with E-state index in [9.17, 15) is 21.2 Å². The van der Waals surface area contributed by atoms with Crippen LogP contribution in [0.1, 0.15) is 6.42 Å². The van der Waals surface area contributed by atoms with Crippen LogP contribution >= 0.6 is 0 Å². The fraction of sp³-hybridized carbons (Fsp3) is 0.333. The van der Waals surface area contributed by atoms with Gasteiger partial charge in [0.2, 0.25) is 15.8 Å². The molecule has 0 aliphatic carbocycles. The Labute approximate surface area is 171 Å². The van der Waals surface area contributed by atoms with E-state index in [1.54, 1.807) is 0 Å². The monoisotopic (exact) mass is 456 g/mol. The zero-order chi connectivity index (χ0) is 21.4. The van der Waals surface area contributed by atoms with Crippen molar-refractivity contribution in [1.29, 1.82) is 0 Å². The summed E-state index contributed by atoms with van der Waals surface area (Å²) in [5, 5.41) is 12.9. The van der Waals surface area contributed by atoms with Crippen LogP contribution in [-0.4, -0.2) is 82.2 Å². The molecule has 0 radical (unpaired) electrons. The molecule has 0 unspecified atom stereocenters. The summed E-state index contributed by atoms with van der Waals surface area (Å²) in [6.07, 6.45) is 2.76. The SMILES string of the molecule is O=S(=O)(c1ccc(F)c(-c2nn[nH]n2)c1)N1CCCN(S(=O)(=O)c2cnc[nH]2)CC1. The summed E-state index contributed by atoms with van der Waals surface area (Å²) >= 11 is 0. The maximum atomic E-state index is 14.1. The van der Waals surface area contributed by atoms with Crippen LogP contribution in [-0.2, 0) is 20.0 Å². The summed E-state index contributed by atoms with van der Waals surface area (Å²) in [6, 6.07) is 3.31. The van der Waals surface area contributed by atoms with E-state index >= 15 is 0 Å². The van der Waals surface area contributed by atoms with E-state index < -0.39 is 25.9 Å². The lowest BCUT2D eigenvalue weighted by atomic mass is 10.2. The predicted octanol–water partition coefficient (Wildman–Crippen LogP) is -0.186. The standard InChI is InChI=1S/C15H17FN8O4S2/c16-13-3-2-11(8-12(13)15-19-21-22-20-15)29(25,26)23-4-1-5-24(7-6-23)30(27,28)14-9-17-10-18-14/h2-3,8-10H,1,4-7H2,(H,17,18)(H,19,20,21,22). The number of halogens is 1. The molecule has 0 bridgehead atoms. The number of hydrogen-bond donors (Lipinski definition) is 2. The molecule has 1 aliphatic rings. The number of benzene rings is 1. The molecule has 0 spiro atoms. The summed E-state index contributed by atoms with van der Waals surface area (Å²) in [4.78, 5) is 6.14. The van der Waals surface area contributed by atoms with Crippen molar-refractivity contribution in [3.8, 4) is 11.4 Å². The van der Waals surface area contributed by atoms with Gasteiger partial charge in [-0.05, 0) is 29.8 Å². The maximum absolute atomic E-state index is 14.1. The minimum Gasteiger partial charge on any atom is -0.335 e. The van der Waals surface area contributed by atoms with Gasteiger partial charge in [0.15, 0.2) is 5.03 Å². The number of imidazole rings is 1. The summed E-state index contributed by atoms with van der Waals surface area (Å²) in [7, 11) is -7.80. The number of nitrogens with zero attached hydrogens (tertiary/aromatic N) is 6. The van der Waals surface area contributed by atoms with Crippen molar-refractivity contribution in [1.82, 2.24) is 39.2 Å². The molecular formula is C15H17FN8O4S2. The van der Waals surface area contributed by atoms with Crippen LogP contribution in [0.3, 0.4) is 0 Å². The second kappa shape index (κ2) is 7.82. The van der Waals surface area contributed by atoms with E-state index in [0.717, 1.165) is 18.2 Å². The van der Waals surface area contributed by atoms with Gasteiger partial charge in [-0.2, -0.15) is 13.8 Å². The molecule has 0 atom stereocenters. The molecule has 12 nitrogen and oxygen atoms in total. The molecule has 15 heteroatoms. The van der Waals surface area contributed by atoms with E-state index in [4.69, 9.17) is 0 Å². The molecule has 1 saturated heterocycles. The Morgan fingerprint density at radius 2 is 1.73 bits per heavy atom. The molecule has 1 fully saturated rings. The first-order valence-corrected chi connectivity index (χ1v) is 11.7. The average Bonchev–Trinajstić information content (AvgIpc) is 3.38. The van der Waals surface area contributed by atoms with Crippen LogP contribution in [0.25, 0.3) is 11.4 Å². The fourth-order valence-electron chi connectivity index (χ4n) is 3.14. The second-order valence-electron chi connectivity index (χ2n) is 6.45. The van der Waals surface area contributed by atoms with E-state index in [0.29, 0.717) is 6.42 Å². The van der Waals surface area contributed by atoms with Crippen molar-refractivity contribution < 1.29 is 21.2 Å². The number of sulfonamides is 2. The van der Waals surface area contributed by atoms with E-state index in [1.165, 1.54) is 21.1 Å². The first kappa shape index (κ1) is 20.5. The summed E-state index contributed by atoms with van der Waals surface area (Å²) in [5.74, 6) is -0.764. The van der Waals surface area contributed by atoms with E-state index in [2.05, 4.69) is 30.6 Å². The molecule has 3 heterocycles. The first-order valence-electron chi connectivity index (χ1n) is 8.82. The van der Waals surface area contributed by atoms with Crippen molar-refractivity contribution in [2.45, 2.75) is 16.3 Å². The van der Waals surface area contributed by atoms with Gasteiger partial charge in [-0.15, -0.1) is 10.2 Å². The highest BCUT2D eigenvalue weighted by Gasteiger charge is 2.32. The summed E-state index contributed by atoms with van der Waals surface area (Å²) in [5.41, 5.74) is -0.108. The first-order chi connectivity index (χ1) is 14.3. The second-order valence-corrected chi connectivity index (χ2v) is 10.3. The normalized spacial score (nSPS) is 17.1. The van der Waals surface area contributed by atoms with Gasteiger partial charge in [-0.3, -0.25) is 0 Å². The number of tetrazole rings is 1. The molecule has 3 aromatic rings. The van der Waals surface area contributed by atoms with E-state index in [1.807, 2.05) is 0 Å². The van der Waals surface area contributed by atoms with Gasteiger partial charge in [-0.1, -0.05) is 0 Å². The van der Waals surface area contributed by atoms with Crippen LogP contribution in [0.4, 0.5) is 4.39 Å². The highest BCUT2D eigenvalue weighted by Crippen LogP contribution is 2.26. The zero-order valence-electron chi connectivity index (χ0n) is 15.4. The highest BCUT2D eigenvalue weighted by molar-refractivity contribution is 7.89. The highest BCUT2D eigenvalue weighted by atomic mass is 32.2. The van der Waals surface area contributed by atoms with Gasteiger partial charge in [0, 0.05) is 26.2 Å². The van der Waals surface area contributed by atoms with Crippen LogP contribution in [0.2, 0.25) is 0 Å². The lowest BCUT2D eigenvalue weighted by Gasteiger charge is -2.21. The smallest absolute Gasteiger partial charge is 0.260 e. The number of rotatable bonds is 5. The van der Waals surface area contributed by atoms with Crippen molar-refractivity contribution in [3.63, 3.8) is 0 Å². The average molecular weight is 456 g/mol. The lowest BCUT2D eigenvalue weighted by molar-refractivity contribution is 0.403. The Kier molecular flexibility index (Phi) is 5.35.